The van der Waals surface area contributed by atoms with Gasteiger partial charge in [0.2, 0.25) is 0 Å². The molecule has 0 bridgehead atoms. The van der Waals surface area contributed by atoms with E-state index in [1.165, 1.54) is 16.0 Å². The molecule has 0 saturated carbocycles. The lowest BCUT2D eigenvalue weighted by molar-refractivity contribution is 0.322. The predicted molar refractivity (Wildman–Crippen MR) is 67.7 cm³/mol. The molecule has 0 amide bonds. The van der Waals surface area contributed by atoms with E-state index < -0.39 is 0 Å². The second kappa shape index (κ2) is 5.04. The molecule has 0 aromatic heterocycles. The Morgan fingerprint density at radius 3 is 2.40 bits per heavy atom. The fourth-order valence-corrected chi connectivity index (χ4v) is 2.20. The summed E-state index contributed by atoms with van der Waals surface area (Å²) in [5.74, 6) is 0.774. The van der Waals surface area contributed by atoms with Crippen LogP contribution in [0.25, 0.3) is 0 Å². The van der Waals surface area contributed by atoms with Crippen LogP contribution < -0.4 is 0 Å². The number of rotatable bonds is 3. The molecule has 1 aromatic carbocycles. The Morgan fingerprint density at radius 1 is 1.27 bits per heavy atom. The van der Waals surface area contributed by atoms with Crippen LogP contribution in [0.1, 0.15) is 31.9 Å². The van der Waals surface area contributed by atoms with Crippen LogP contribution in [0.15, 0.2) is 23.1 Å². The Balaban J connectivity index is 2.88. The molecule has 0 unspecified atom stereocenters. The Morgan fingerprint density at radius 2 is 1.93 bits per heavy atom. The molecule has 0 spiro atoms. The van der Waals surface area contributed by atoms with Crippen LogP contribution in [-0.2, 0) is 5.41 Å². The average Bonchev–Trinajstić information content (AvgIpc) is 2.14. The third kappa shape index (κ3) is 3.54. The number of hydrogen-bond acceptors (Lipinski definition) is 2. The van der Waals surface area contributed by atoms with E-state index >= 15 is 0 Å². The lowest BCUT2D eigenvalue weighted by Gasteiger charge is -2.20. The minimum absolute atomic E-state index is 0.213. The van der Waals surface area contributed by atoms with Gasteiger partial charge in [0, 0.05) is 10.6 Å². The van der Waals surface area contributed by atoms with Crippen molar-refractivity contribution in [3.8, 4) is 0 Å². The molecule has 1 N–H and O–H groups in total. The monoisotopic (exact) mass is 224 g/mol. The maximum absolute atomic E-state index is 8.78. The molecule has 0 aliphatic carbocycles. The van der Waals surface area contributed by atoms with Crippen molar-refractivity contribution in [2.45, 2.75) is 38.0 Å². The van der Waals surface area contributed by atoms with Gasteiger partial charge in [-0.1, -0.05) is 32.9 Å². The number of hydrogen-bond donors (Lipinski definition) is 1. The second-order valence-corrected chi connectivity index (χ2v) is 5.94. The molecule has 0 aliphatic heterocycles. The highest BCUT2D eigenvalue weighted by molar-refractivity contribution is 7.99. The van der Waals surface area contributed by atoms with Gasteiger partial charge in [0.15, 0.2) is 0 Å². The van der Waals surface area contributed by atoms with E-state index in [1.54, 1.807) is 11.8 Å². The van der Waals surface area contributed by atoms with Crippen molar-refractivity contribution >= 4 is 11.8 Å². The van der Waals surface area contributed by atoms with Crippen LogP contribution in [0.3, 0.4) is 0 Å². The molecule has 0 saturated heterocycles. The first-order valence-electron chi connectivity index (χ1n) is 5.30. The largest absolute Gasteiger partial charge is 0.396 e. The summed E-state index contributed by atoms with van der Waals surface area (Å²) in [4.78, 5) is 1.28. The van der Waals surface area contributed by atoms with Gasteiger partial charge < -0.3 is 5.11 Å². The lowest BCUT2D eigenvalue weighted by Crippen LogP contribution is -2.11. The van der Waals surface area contributed by atoms with Crippen LogP contribution in [0, 0.1) is 6.92 Å². The van der Waals surface area contributed by atoms with Gasteiger partial charge in [-0.25, -0.2) is 0 Å². The molecule has 0 fully saturated rings. The van der Waals surface area contributed by atoms with Crippen LogP contribution in [0.5, 0.6) is 0 Å². The van der Waals surface area contributed by atoms with Gasteiger partial charge in [-0.3, -0.25) is 0 Å². The van der Waals surface area contributed by atoms with Crippen LogP contribution in [0.4, 0.5) is 0 Å². The summed E-state index contributed by atoms with van der Waals surface area (Å²) >= 11 is 1.72. The summed E-state index contributed by atoms with van der Waals surface area (Å²) in [5, 5.41) is 8.78. The highest BCUT2D eigenvalue weighted by Crippen LogP contribution is 2.28. The number of benzene rings is 1. The molecular formula is C13H20OS. The molecule has 0 radical (unpaired) electrons. The van der Waals surface area contributed by atoms with Gasteiger partial charge in [-0.05, 0) is 29.5 Å². The van der Waals surface area contributed by atoms with Crippen LogP contribution >= 0.6 is 11.8 Å². The normalized spacial score (nSPS) is 11.8. The van der Waals surface area contributed by atoms with Gasteiger partial charge in [-0.15, -0.1) is 11.8 Å². The van der Waals surface area contributed by atoms with E-state index in [9.17, 15) is 0 Å². The van der Waals surface area contributed by atoms with E-state index in [0.717, 1.165) is 5.75 Å². The first kappa shape index (κ1) is 12.6. The number of aliphatic hydroxyl groups excluding tert-OH is 1. The van der Waals surface area contributed by atoms with Crippen molar-refractivity contribution in [3.63, 3.8) is 0 Å². The van der Waals surface area contributed by atoms with Gasteiger partial charge >= 0.3 is 0 Å². The fraction of sp³-hybridized carbons (Fsp3) is 0.538. The Bertz CT molecular complexity index is 326. The van der Waals surface area contributed by atoms with Crippen molar-refractivity contribution in [3.05, 3.63) is 29.3 Å². The number of aryl methyl sites for hydroxylation is 1. The van der Waals surface area contributed by atoms with Gasteiger partial charge in [0.05, 0.1) is 6.61 Å². The zero-order chi connectivity index (χ0) is 11.5. The summed E-state index contributed by atoms with van der Waals surface area (Å²) in [6.45, 7) is 9.05. The minimum atomic E-state index is 0.213. The molecule has 84 valence electrons. The smallest absolute Gasteiger partial charge is 0.0525 e. The highest BCUT2D eigenvalue weighted by atomic mass is 32.2. The van der Waals surface area contributed by atoms with E-state index in [2.05, 4.69) is 45.9 Å². The van der Waals surface area contributed by atoms with Gasteiger partial charge in [0.1, 0.15) is 0 Å². The molecule has 2 heteroatoms. The lowest BCUT2D eigenvalue weighted by atomic mass is 9.86. The van der Waals surface area contributed by atoms with Crippen molar-refractivity contribution < 1.29 is 5.11 Å². The number of aliphatic hydroxyl groups is 1. The fourth-order valence-electron chi connectivity index (χ4n) is 1.43. The summed E-state index contributed by atoms with van der Waals surface area (Å²) in [7, 11) is 0. The van der Waals surface area contributed by atoms with Gasteiger partial charge in [-0.2, -0.15) is 0 Å². The zero-order valence-corrected chi connectivity index (χ0v) is 10.8. The van der Waals surface area contributed by atoms with Crippen molar-refractivity contribution in [2.75, 3.05) is 12.4 Å². The Hall–Kier alpha value is -0.470. The highest BCUT2D eigenvalue weighted by Gasteiger charge is 2.14. The van der Waals surface area contributed by atoms with E-state index in [1.807, 2.05) is 0 Å². The quantitative estimate of drug-likeness (QED) is 0.794. The van der Waals surface area contributed by atoms with Gasteiger partial charge in [0.25, 0.3) is 0 Å². The minimum Gasteiger partial charge on any atom is -0.396 e. The predicted octanol–water partition coefficient (Wildman–Crippen LogP) is 3.38. The molecule has 1 rings (SSSR count). The maximum Gasteiger partial charge on any atom is 0.0525 e. The van der Waals surface area contributed by atoms with Crippen molar-refractivity contribution in [1.82, 2.24) is 0 Å². The van der Waals surface area contributed by atoms with Crippen LogP contribution in [-0.4, -0.2) is 17.5 Å². The Labute approximate surface area is 96.9 Å². The topological polar surface area (TPSA) is 20.2 Å². The summed E-state index contributed by atoms with van der Waals surface area (Å²) in [6.07, 6.45) is 0. The molecule has 1 aromatic rings. The standard InChI is InChI=1S/C13H20OS/c1-10-9-11(13(2,3)4)5-6-12(10)15-8-7-14/h5-6,9,14H,7-8H2,1-4H3. The molecule has 0 atom stereocenters. The molecule has 0 heterocycles. The summed E-state index contributed by atoms with van der Waals surface area (Å²) in [6, 6.07) is 6.60. The van der Waals surface area contributed by atoms with E-state index in [4.69, 9.17) is 5.11 Å². The average molecular weight is 224 g/mol. The maximum atomic E-state index is 8.78. The van der Waals surface area contributed by atoms with Crippen molar-refractivity contribution in [1.29, 1.82) is 0 Å². The first-order chi connectivity index (χ1) is 6.95. The molecular weight excluding hydrogens is 204 g/mol. The summed E-state index contributed by atoms with van der Waals surface area (Å²) in [5.41, 5.74) is 2.89. The second-order valence-electron chi connectivity index (χ2n) is 4.80. The Kier molecular flexibility index (Phi) is 4.23. The first-order valence-corrected chi connectivity index (χ1v) is 6.28. The number of thioether (sulfide) groups is 1. The molecule has 1 nitrogen and oxygen atoms in total. The van der Waals surface area contributed by atoms with Crippen LogP contribution in [0.2, 0.25) is 0 Å². The summed E-state index contributed by atoms with van der Waals surface area (Å²) < 4.78 is 0. The van der Waals surface area contributed by atoms with E-state index in [0.29, 0.717) is 0 Å². The molecule has 0 aliphatic rings. The van der Waals surface area contributed by atoms with Crippen molar-refractivity contribution in [2.24, 2.45) is 0 Å². The van der Waals surface area contributed by atoms with E-state index in [-0.39, 0.29) is 12.0 Å². The molecule has 15 heavy (non-hydrogen) atoms. The SMILES string of the molecule is Cc1cc(C(C)(C)C)ccc1SCCO. The third-order valence-corrected chi connectivity index (χ3v) is 3.55. The zero-order valence-electron chi connectivity index (χ0n) is 10.0. The third-order valence-electron chi connectivity index (χ3n) is 2.39.